The molecule has 0 atom stereocenters. The van der Waals surface area contributed by atoms with Gasteiger partial charge in [0.05, 0.1) is 0 Å². The number of halogens is 1. The number of nitrogens with one attached hydrogen (secondary N) is 2. The zero-order valence-corrected chi connectivity index (χ0v) is 11.5. The highest BCUT2D eigenvalue weighted by Gasteiger charge is 2.00. The number of hydrogen-bond donors (Lipinski definition) is 2. The zero-order chi connectivity index (χ0) is 13.0. The second-order valence-electron chi connectivity index (χ2n) is 3.90. The average molecular weight is 277 g/mol. The molecule has 0 saturated heterocycles. The van der Waals surface area contributed by atoms with E-state index in [2.05, 4.69) is 10.6 Å². The van der Waals surface area contributed by atoms with Gasteiger partial charge in [0.25, 0.3) is 0 Å². The van der Waals surface area contributed by atoms with E-state index in [1.54, 1.807) is 0 Å². The Morgan fingerprint density at radius 3 is 2.33 bits per heavy atom. The maximum Gasteiger partial charge on any atom is 0.175 e. The summed E-state index contributed by atoms with van der Waals surface area (Å²) in [6.45, 7) is 2.03. The van der Waals surface area contributed by atoms with Crippen molar-refractivity contribution < 1.29 is 0 Å². The van der Waals surface area contributed by atoms with Crippen LogP contribution in [-0.4, -0.2) is 5.11 Å². The molecule has 4 heteroatoms. The summed E-state index contributed by atoms with van der Waals surface area (Å²) in [5.74, 6) is 0. The van der Waals surface area contributed by atoms with Crippen LogP contribution in [0.5, 0.6) is 0 Å². The highest BCUT2D eigenvalue weighted by molar-refractivity contribution is 7.80. The van der Waals surface area contributed by atoms with Gasteiger partial charge < -0.3 is 10.6 Å². The highest BCUT2D eigenvalue weighted by Crippen LogP contribution is 2.16. The lowest BCUT2D eigenvalue weighted by Gasteiger charge is -2.12. The number of thiocarbonyl (C=S) groups is 1. The lowest BCUT2D eigenvalue weighted by atomic mass is 10.2. The first kappa shape index (κ1) is 12.9. The maximum absolute atomic E-state index is 5.82. The first-order valence-electron chi connectivity index (χ1n) is 5.54. The van der Waals surface area contributed by atoms with Crippen molar-refractivity contribution in [3.8, 4) is 0 Å². The van der Waals surface area contributed by atoms with Crippen LogP contribution < -0.4 is 10.6 Å². The number of para-hydroxylation sites is 1. The molecular formula is C14H13ClN2S. The van der Waals surface area contributed by atoms with Gasteiger partial charge in [-0.3, -0.25) is 0 Å². The molecule has 0 unspecified atom stereocenters. The summed E-state index contributed by atoms with van der Waals surface area (Å²) < 4.78 is 0. The van der Waals surface area contributed by atoms with E-state index >= 15 is 0 Å². The quantitative estimate of drug-likeness (QED) is 0.792. The van der Waals surface area contributed by atoms with E-state index in [0.29, 0.717) is 10.1 Å². The van der Waals surface area contributed by atoms with E-state index in [4.69, 9.17) is 23.8 Å². The van der Waals surface area contributed by atoms with E-state index in [9.17, 15) is 0 Å². The van der Waals surface area contributed by atoms with Crippen LogP contribution >= 0.6 is 23.8 Å². The standard InChI is InChI=1S/C14H13ClN2S/c1-10-4-2-3-5-13(10)17-14(18)16-12-8-6-11(15)7-9-12/h2-9H,1H3,(H2,16,17,18). The van der Waals surface area contributed by atoms with E-state index in [1.807, 2.05) is 55.5 Å². The molecule has 0 bridgehead atoms. The molecule has 2 aromatic carbocycles. The van der Waals surface area contributed by atoms with Crippen molar-refractivity contribution in [3.63, 3.8) is 0 Å². The topological polar surface area (TPSA) is 24.1 Å². The minimum Gasteiger partial charge on any atom is -0.332 e. The van der Waals surface area contributed by atoms with Gasteiger partial charge in [0, 0.05) is 16.4 Å². The summed E-state index contributed by atoms with van der Waals surface area (Å²) in [6, 6.07) is 15.4. The van der Waals surface area contributed by atoms with Crippen LogP contribution in [0.4, 0.5) is 11.4 Å². The Bertz CT molecular complexity index is 552. The molecule has 92 valence electrons. The number of rotatable bonds is 2. The van der Waals surface area contributed by atoms with Crippen molar-refractivity contribution in [1.29, 1.82) is 0 Å². The molecule has 18 heavy (non-hydrogen) atoms. The van der Waals surface area contributed by atoms with Gasteiger partial charge in [0.1, 0.15) is 0 Å². The first-order valence-corrected chi connectivity index (χ1v) is 6.33. The molecule has 2 nitrogen and oxygen atoms in total. The van der Waals surface area contributed by atoms with Crippen molar-refractivity contribution >= 4 is 40.3 Å². The summed E-state index contributed by atoms with van der Waals surface area (Å²) in [5, 5.41) is 7.54. The van der Waals surface area contributed by atoms with Crippen LogP contribution in [0.1, 0.15) is 5.56 Å². The Morgan fingerprint density at radius 1 is 1.00 bits per heavy atom. The van der Waals surface area contributed by atoms with Crippen LogP contribution in [0, 0.1) is 6.92 Å². The van der Waals surface area contributed by atoms with Crippen molar-refractivity contribution in [3.05, 3.63) is 59.1 Å². The molecule has 0 spiro atoms. The van der Waals surface area contributed by atoms with Gasteiger partial charge in [-0.05, 0) is 55.0 Å². The van der Waals surface area contributed by atoms with Crippen LogP contribution in [0.25, 0.3) is 0 Å². The van der Waals surface area contributed by atoms with Crippen LogP contribution in [-0.2, 0) is 0 Å². The normalized spacial score (nSPS) is 9.89. The average Bonchev–Trinajstić information content (AvgIpc) is 2.35. The Kier molecular flexibility index (Phi) is 4.18. The van der Waals surface area contributed by atoms with Gasteiger partial charge in [-0.2, -0.15) is 0 Å². The molecular weight excluding hydrogens is 264 g/mol. The summed E-state index contributed by atoms with van der Waals surface area (Å²) >= 11 is 11.1. The minimum absolute atomic E-state index is 0.562. The number of anilines is 2. The summed E-state index contributed by atoms with van der Waals surface area (Å²) in [4.78, 5) is 0. The lowest BCUT2D eigenvalue weighted by Crippen LogP contribution is -2.19. The molecule has 2 N–H and O–H groups in total. The number of hydrogen-bond acceptors (Lipinski definition) is 1. The molecule has 2 rings (SSSR count). The first-order chi connectivity index (χ1) is 8.65. The van der Waals surface area contributed by atoms with E-state index in [-0.39, 0.29) is 0 Å². The Hall–Kier alpha value is -1.58. The van der Waals surface area contributed by atoms with E-state index in [0.717, 1.165) is 16.9 Å². The highest BCUT2D eigenvalue weighted by atomic mass is 35.5. The van der Waals surface area contributed by atoms with Gasteiger partial charge in [-0.25, -0.2) is 0 Å². The summed E-state index contributed by atoms with van der Waals surface area (Å²) in [5.41, 5.74) is 3.06. The summed E-state index contributed by atoms with van der Waals surface area (Å²) in [7, 11) is 0. The number of benzene rings is 2. The maximum atomic E-state index is 5.82. The largest absolute Gasteiger partial charge is 0.332 e. The molecule has 0 amide bonds. The molecule has 0 aliphatic carbocycles. The fourth-order valence-corrected chi connectivity index (χ4v) is 1.88. The molecule has 0 aromatic heterocycles. The van der Waals surface area contributed by atoms with Crippen molar-refractivity contribution in [2.24, 2.45) is 0 Å². The van der Waals surface area contributed by atoms with Crippen LogP contribution in [0.2, 0.25) is 5.02 Å². The molecule has 0 heterocycles. The van der Waals surface area contributed by atoms with Crippen LogP contribution in [0.15, 0.2) is 48.5 Å². The fourth-order valence-electron chi connectivity index (χ4n) is 1.53. The second-order valence-corrected chi connectivity index (χ2v) is 4.75. The smallest absolute Gasteiger partial charge is 0.175 e. The third-order valence-electron chi connectivity index (χ3n) is 2.50. The van der Waals surface area contributed by atoms with Crippen LogP contribution in [0.3, 0.4) is 0 Å². The molecule has 2 aromatic rings. The van der Waals surface area contributed by atoms with Gasteiger partial charge in [-0.1, -0.05) is 29.8 Å². The predicted octanol–water partition coefficient (Wildman–Crippen LogP) is 4.46. The monoisotopic (exact) mass is 276 g/mol. The summed E-state index contributed by atoms with van der Waals surface area (Å²) in [6.07, 6.45) is 0. The number of aryl methyl sites for hydroxylation is 1. The molecule has 0 saturated carbocycles. The SMILES string of the molecule is Cc1ccccc1NC(=S)Nc1ccc(Cl)cc1. The predicted molar refractivity (Wildman–Crippen MR) is 82.5 cm³/mol. The van der Waals surface area contributed by atoms with Crippen molar-refractivity contribution in [2.45, 2.75) is 6.92 Å². The Balaban J connectivity index is 2.01. The zero-order valence-electron chi connectivity index (χ0n) is 9.91. The molecule has 0 fully saturated rings. The molecule has 0 aliphatic heterocycles. The Labute approximate surface area is 117 Å². The van der Waals surface area contributed by atoms with Gasteiger partial charge in [0.2, 0.25) is 0 Å². The van der Waals surface area contributed by atoms with Crippen molar-refractivity contribution in [2.75, 3.05) is 10.6 Å². The van der Waals surface area contributed by atoms with E-state index in [1.165, 1.54) is 0 Å². The molecule has 0 radical (unpaired) electrons. The fraction of sp³-hybridized carbons (Fsp3) is 0.0714. The third-order valence-corrected chi connectivity index (χ3v) is 2.95. The third kappa shape index (κ3) is 3.45. The van der Waals surface area contributed by atoms with Gasteiger partial charge in [0.15, 0.2) is 5.11 Å². The van der Waals surface area contributed by atoms with Gasteiger partial charge >= 0.3 is 0 Å². The van der Waals surface area contributed by atoms with Gasteiger partial charge in [-0.15, -0.1) is 0 Å². The minimum atomic E-state index is 0.562. The second kappa shape index (κ2) is 5.85. The van der Waals surface area contributed by atoms with Crippen molar-refractivity contribution in [1.82, 2.24) is 0 Å². The van der Waals surface area contributed by atoms with E-state index < -0.39 is 0 Å². The molecule has 0 aliphatic rings. The lowest BCUT2D eigenvalue weighted by molar-refractivity contribution is 1.45. The Morgan fingerprint density at radius 2 is 1.67 bits per heavy atom.